The molecule has 4 heteroatoms. The second-order valence-corrected chi connectivity index (χ2v) is 6.85. The Kier molecular flexibility index (Phi) is 3.80. The highest BCUT2D eigenvalue weighted by Gasteiger charge is 2.35. The van der Waals surface area contributed by atoms with Gasteiger partial charge in [-0.3, -0.25) is 4.90 Å². The number of aromatic nitrogens is 2. The van der Waals surface area contributed by atoms with Crippen molar-refractivity contribution in [2.24, 2.45) is 0 Å². The Bertz CT molecular complexity index is 502. The van der Waals surface area contributed by atoms with E-state index in [-0.39, 0.29) is 0 Å². The van der Waals surface area contributed by atoms with Gasteiger partial charge in [0, 0.05) is 29.9 Å². The van der Waals surface area contributed by atoms with Crippen LogP contribution in [-0.2, 0) is 12.8 Å². The van der Waals surface area contributed by atoms with Gasteiger partial charge in [0.05, 0.1) is 0 Å². The number of fused-ring (bicyclic) bond motifs is 2. The predicted octanol–water partition coefficient (Wildman–Crippen LogP) is 2.78. The quantitative estimate of drug-likeness (QED) is 0.849. The number of rotatable bonds is 2. The molecule has 4 rings (SSSR count). The van der Waals surface area contributed by atoms with Crippen LogP contribution >= 0.6 is 0 Å². The van der Waals surface area contributed by atoms with Gasteiger partial charge in [0.2, 0.25) is 0 Å². The van der Waals surface area contributed by atoms with E-state index in [2.05, 4.69) is 20.2 Å². The molecule has 0 amide bonds. The van der Waals surface area contributed by atoms with Crippen molar-refractivity contribution >= 4 is 5.82 Å². The molecule has 2 unspecified atom stereocenters. The molecule has 0 aromatic carbocycles. The summed E-state index contributed by atoms with van der Waals surface area (Å²) in [4.78, 5) is 11.8. The maximum absolute atomic E-state index is 4.59. The van der Waals surface area contributed by atoms with Crippen LogP contribution in [0.4, 0.5) is 5.82 Å². The van der Waals surface area contributed by atoms with Crippen molar-refractivity contribution in [3.05, 3.63) is 17.6 Å². The zero-order chi connectivity index (χ0) is 14.1. The standard InChI is InChI=1S/C17H26N4/c1-2-6-13-14(7-3-1)18-12-19-17(13)20-15-9-11-21-10-5-4-8-16(15)21/h12,15-16H,1-11H2,(H,18,19,20). The molecule has 3 aliphatic rings. The summed E-state index contributed by atoms with van der Waals surface area (Å²) in [6.45, 7) is 2.56. The van der Waals surface area contributed by atoms with Gasteiger partial charge in [0.25, 0.3) is 0 Å². The van der Waals surface area contributed by atoms with Crippen molar-refractivity contribution < 1.29 is 0 Å². The third-order valence-electron chi connectivity index (χ3n) is 5.55. The molecule has 0 spiro atoms. The van der Waals surface area contributed by atoms with E-state index in [4.69, 9.17) is 0 Å². The summed E-state index contributed by atoms with van der Waals surface area (Å²) in [5.74, 6) is 1.14. The van der Waals surface area contributed by atoms with Crippen LogP contribution in [0.15, 0.2) is 6.33 Å². The Balaban J connectivity index is 1.54. The fourth-order valence-electron chi connectivity index (χ4n) is 4.41. The molecular weight excluding hydrogens is 260 g/mol. The fourth-order valence-corrected chi connectivity index (χ4v) is 4.41. The number of nitrogens with one attached hydrogen (secondary N) is 1. The average molecular weight is 286 g/mol. The average Bonchev–Trinajstić information content (AvgIpc) is 2.77. The van der Waals surface area contributed by atoms with Gasteiger partial charge in [0.1, 0.15) is 12.1 Å². The lowest BCUT2D eigenvalue weighted by atomic mass is 9.98. The molecule has 1 aromatic rings. The lowest BCUT2D eigenvalue weighted by Crippen LogP contribution is -2.42. The number of hydrogen-bond acceptors (Lipinski definition) is 4. The second-order valence-electron chi connectivity index (χ2n) is 6.85. The fraction of sp³-hybridized carbons (Fsp3) is 0.765. The lowest BCUT2D eigenvalue weighted by Gasteiger charge is -2.33. The number of anilines is 1. The van der Waals surface area contributed by atoms with Crippen LogP contribution in [0, 0.1) is 0 Å². The van der Waals surface area contributed by atoms with Gasteiger partial charge < -0.3 is 5.32 Å². The summed E-state index contributed by atoms with van der Waals surface area (Å²) >= 11 is 0. The van der Waals surface area contributed by atoms with Gasteiger partial charge in [-0.25, -0.2) is 9.97 Å². The monoisotopic (exact) mass is 286 g/mol. The predicted molar refractivity (Wildman–Crippen MR) is 84.5 cm³/mol. The molecule has 1 aromatic heterocycles. The van der Waals surface area contributed by atoms with Gasteiger partial charge in [-0.1, -0.05) is 12.8 Å². The largest absolute Gasteiger partial charge is 0.365 e. The molecule has 21 heavy (non-hydrogen) atoms. The SMILES string of the molecule is c1nc2c(c(NC3CCN4CCCCC34)n1)CCCCC2. The van der Waals surface area contributed by atoms with Gasteiger partial charge in [-0.15, -0.1) is 0 Å². The van der Waals surface area contributed by atoms with Gasteiger partial charge in [-0.05, 0) is 51.5 Å². The van der Waals surface area contributed by atoms with Crippen LogP contribution < -0.4 is 5.32 Å². The van der Waals surface area contributed by atoms with Crippen molar-refractivity contribution in [1.82, 2.24) is 14.9 Å². The molecule has 114 valence electrons. The minimum absolute atomic E-state index is 0.590. The zero-order valence-corrected chi connectivity index (χ0v) is 12.9. The van der Waals surface area contributed by atoms with Gasteiger partial charge >= 0.3 is 0 Å². The Morgan fingerprint density at radius 1 is 0.952 bits per heavy atom. The first-order chi connectivity index (χ1) is 10.4. The maximum Gasteiger partial charge on any atom is 0.133 e. The summed E-state index contributed by atoms with van der Waals surface area (Å²) < 4.78 is 0. The van der Waals surface area contributed by atoms with E-state index in [9.17, 15) is 0 Å². The first-order valence-electron chi connectivity index (χ1n) is 8.75. The van der Waals surface area contributed by atoms with Gasteiger partial charge in [-0.2, -0.15) is 0 Å². The van der Waals surface area contributed by atoms with E-state index >= 15 is 0 Å². The summed E-state index contributed by atoms with van der Waals surface area (Å²) in [7, 11) is 0. The molecule has 2 aliphatic heterocycles. The molecule has 0 bridgehead atoms. The Morgan fingerprint density at radius 3 is 2.90 bits per heavy atom. The molecule has 3 heterocycles. The molecule has 2 saturated heterocycles. The second kappa shape index (κ2) is 5.91. The van der Waals surface area contributed by atoms with E-state index in [1.165, 1.54) is 69.3 Å². The minimum Gasteiger partial charge on any atom is -0.365 e. The molecule has 1 N–H and O–H groups in total. The van der Waals surface area contributed by atoms with Crippen molar-refractivity contribution in [3.63, 3.8) is 0 Å². The zero-order valence-electron chi connectivity index (χ0n) is 12.9. The van der Waals surface area contributed by atoms with Crippen LogP contribution in [0.25, 0.3) is 0 Å². The van der Waals surface area contributed by atoms with E-state index in [0.29, 0.717) is 6.04 Å². The normalized spacial score (nSPS) is 29.5. The van der Waals surface area contributed by atoms with E-state index in [0.717, 1.165) is 24.7 Å². The number of piperidine rings is 1. The highest BCUT2D eigenvalue weighted by Crippen LogP contribution is 2.31. The maximum atomic E-state index is 4.59. The summed E-state index contributed by atoms with van der Waals surface area (Å²) in [5.41, 5.74) is 2.70. The van der Waals surface area contributed by atoms with Crippen LogP contribution in [0.1, 0.15) is 56.2 Å². The minimum atomic E-state index is 0.590. The first-order valence-corrected chi connectivity index (χ1v) is 8.75. The van der Waals surface area contributed by atoms with Gasteiger partial charge in [0.15, 0.2) is 0 Å². The van der Waals surface area contributed by atoms with Crippen molar-refractivity contribution in [1.29, 1.82) is 0 Å². The molecule has 0 radical (unpaired) electrons. The van der Waals surface area contributed by atoms with Crippen LogP contribution in [-0.4, -0.2) is 40.0 Å². The molecule has 1 aliphatic carbocycles. The van der Waals surface area contributed by atoms with Crippen molar-refractivity contribution in [2.45, 2.75) is 69.9 Å². The van der Waals surface area contributed by atoms with Crippen LogP contribution in [0.5, 0.6) is 0 Å². The number of nitrogens with zero attached hydrogens (tertiary/aromatic N) is 3. The van der Waals surface area contributed by atoms with E-state index in [1.807, 2.05) is 0 Å². The Labute approximate surface area is 127 Å². The molecule has 2 atom stereocenters. The first kappa shape index (κ1) is 13.5. The van der Waals surface area contributed by atoms with E-state index in [1.54, 1.807) is 6.33 Å². The third kappa shape index (κ3) is 2.66. The van der Waals surface area contributed by atoms with E-state index < -0.39 is 0 Å². The summed E-state index contributed by atoms with van der Waals surface area (Å²) in [5, 5.41) is 3.80. The van der Waals surface area contributed by atoms with Crippen LogP contribution in [0.2, 0.25) is 0 Å². The summed E-state index contributed by atoms with van der Waals surface area (Å²) in [6, 6.07) is 1.32. The van der Waals surface area contributed by atoms with Crippen molar-refractivity contribution in [2.75, 3.05) is 18.4 Å². The molecule has 0 saturated carbocycles. The Hall–Kier alpha value is -1.16. The highest BCUT2D eigenvalue weighted by molar-refractivity contribution is 5.47. The number of hydrogen-bond donors (Lipinski definition) is 1. The third-order valence-corrected chi connectivity index (χ3v) is 5.55. The smallest absolute Gasteiger partial charge is 0.133 e. The lowest BCUT2D eigenvalue weighted by molar-refractivity contribution is 0.192. The molecule has 4 nitrogen and oxygen atoms in total. The number of aryl methyl sites for hydroxylation is 1. The molecular formula is C17H26N4. The molecule has 2 fully saturated rings. The summed E-state index contributed by atoms with van der Waals surface area (Å²) in [6.07, 6.45) is 13.3. The highest BCUT2D eigenvalue weighted by atomic mass is 15.2. The topological polar surface area (TPSA) is 41.1 Å². The Morgan fingerprint density at radius 2 is 1.90 bits per heavy atom. The van der Waals surface area contributed by atoms with Crippen molar-refractivity contribution in [3.8, 4) is 0 Å². The van der Waals surface area contributed by atoms with Crippen LogP contribution in [0.3, 0.4) is 0 Å².